The van der Waals surface area contributed by atoms with Gasteiger partial charge in [0.15, 0.2) is 15.8 Å². The zero-order valence-corrected chi connectivity index (χ0v) is 21.2. The van der Waals surface area contributed by atoms with Crippen LogP contribution in [0.3, 0.4) is 0 Å². The van der Waals surface area contributed by atoms with Gasteiger partial charge in [-0.3, -0.25) is 0 Å². The molecule has 0 aliphatic heterocycles. The predicted octanol–water partition coefficient (Wildman–Crippen LogP) is 3.46. The summed E-state index contributed by atoms with van der Waals surface area (Å²) in [5, 5.41) is 6.61. The molecule has 0 spiro atoms. The molecule has 166 valence electrons. The number of hydrogen-bond acceptors (Lipinski definition) is 4. The highest BCUT2D eigenvalue weighted by Gasteiger charge is 2.06. The van der Waals surface area contributed by atoms with Crippen molar-refractivity contribution in [3.63, 3.8) is 0 Å². The van der Waals surface area contributed by atoms with Crippen molar-refractivity contribution in [3.05, 3.63) is 64.7 Å². The van der Waals surface area contributed by atoms with Gasteiger partial charge >= 0.3 is 0 Å². The summed E-state index contributed by atoms with van der Waals surface area (Å²) < 4.78 is 28.2. The lowest BCUT2D eigenvalue weighted by Crippen LogP contribution is -2.38. The minimum Gasteiger partial charge on any atom is -0.496 e. The Balaban J connectivity index is 0.00000450. The van der Waals surface area contributed by atoms with E-state index in [1.165, 1.54) is 11.8 Å². The molecular formula is C22H32IN3O3S. The van der Waals surface area contributed by atoms with Gasteiger partial charge in [0.1, 0.15) is 5.75 Å². The van der Waals surface area contributed by atoms with Crippen LogP contribution in [0.4, 0.5) is 0 Å². The fourth-order valence-corrected chi connectivity index (χ4v) is 3.77. The molecular weight excluding hydrogens is 513 g/mol. The van der Waals surface area contributed by atoms with Crippen LogP contribution in [0.2, 0.25) is 0 Å². The Labute approximate surface area is 197 Å². The van der Waals surface area contributed by atoms with Crippen LogP contribution >= 0.6 is 24.0 Å². The van der Waals surface area contributed by atoms with Crippen LogP contribution in [-0.2, 0) is 28.6 Å². The molecule has 0 amide bonds. The van der Waals surface area contributed by atoms with Crippen LogP contribution in [0, 0.1) is 6.92 Å². The zero-order chi connectivity index (χ0) is 21.3. The zero-order valence-electron chi connectivity index (χ0n) is 18.1. The monoisotopic (exact) mass is 545 g/mol. The maximum absolute atomic E-state index is 11.4. The normalized spacial score (nSPS) is 11.5. The van der Waals surface area contributed by atoms with Crippen LogP contribution in [0.15, 0.2) is 47.5 Å². The summed E-state index contributed by atoms with van der Waals surface area (Å²) in [6, 6.07) is 13.7. The van der Waals surface area contributed by atoms with Crippen molar-refractivity contribution in [2.24, 2.45) is 4.99 Å². The van der Waals surface area contributed by atoms with E-state index in [4.69, 9.17) is 4.74 Å². The summed E-state index contributed by atoms with van der Waals surface area (Å²) in [5.74, 6) is 1.70. The van der Waals surface area contributed by atoms with E-state index in [2.05, 4.69) is 28.6 Å². The number of ether oxygens (including phenoxy) is 1. The number of aliphatic imine (C=N–C) groups is 1. The summed E-state index contributed by atoms with van der Waals surface area (Å²) in [5.41, 5.74) is 4.19. The Morgan fingerprint density at radius 3 is 2.33 bits per heavy atom. The SMILES string of the molecule is CCNC(=NCc1ccc(CS(C)(=O)=O)cc1)NCCc1cc(C)ccc1OC.I. The van der Waals surface area contributed by atoms with E-state index in [1.54, 1.807) is 7.11 Å². The first-order valence-electron chi connectivity index (χ1n) is 9.72. The molecule has 0 radical (unpaired) electrons. The highest BCUT2D eigenvalue weighted by molar-refractivity contribution is 14.0. The van der Waals surface area contributed by atoms with E-state index < -0.39 is 9.84 Å². The molecule has 0 atom stereocenters. The fraction of sp³-hybridized carbons (Fsp3) is 0.409. The Morgan fingerprint density at radius 2 is 1.73 bits per heavy atom. The van der Waals surface area contributed by atoms with Crippen molar-refractivity contribution in [2.45, 2.75) is 32.6 Å². The molecule has 0 bridgehead atoms. The molecule has 0 saturated heterocycles. The number of nitrogens with zero attached hydrogens (tertiary/aromatic N) is 1. The van der Waals surface area contributed by atoms with Gasteiger partial charge in [-0.25, -0.2) is 13.4 Å². The number of benzene rings is 2. The summed E-state index contributed by atoms with van der Waals surface area (Å²) in [7, 11) is -1.33. The number of nitrogens with one attached hydrogen (secondary N) is 2. The standard InChI is InChI=1S/C22H31N3O3S.HI/c1-5-23-22(24-13-12-20-14-17(2)6-11-21(20)28-3)25-15-18-7-9-19(10-8-18)16-29(4,26)27;/h6-11,14H,5,12-13,15-16H2,1-4H3,(H2,23,24,25);1H. The van der Waals surface area contributed by atoms with E-state index in [0.717, 1.165) is 47.9 Å². The first kappa shape index (κ1) is 26.2. The minimum absolute atomic E-state index is 0. The summed E-state index contributed by atoms with van der Waals surface area (Å²) >= 11 is 0. The van der Waals surface area contributed by atoms with Gasteiger partial charge in [0.05, 0.1) is 19.4 Å². The maximum Gasteiger partial charge on any atom is 0.191 e. The third kappa shape index (κ3) is 9.34. The van der Waals surface area contributed by atoms with Gasteiger partial charge in [-0.1, -0.05) is 42.0 Å². The molecule has 0 heterocycles. The summed E-state index contributed by atoms with van der Waals surface area (Å²) in [6.45, 7) is 6.12. The summed E-state index contributed by atoms with van der Waals surface area (Å²) in [4.78, 5) is 4.62. The summed E-state index contributed by atoms with van der Waals surface area (Å²) in [6.07, 6.45) is 2.07. The van der Waals surface area contributed by atoms with Gasteiger partial charge in [0, 0.05) is 19.3 Å². The molecule has 2 rings (SSSR count). The van der Waals surface area contributed by atoms with Gasteiger partial charge < -0.3 is 15.4 Å². The Hall–Kier alpha value is -1.81. The van der Waals surface area contributed by atoms with Crippen molar-refractivity contribution in [2.75, 3.05) is 26.5 Å². The Bertz CT molecular complexity index is 929. The number of aryl methyl sites for hydroxylation is 1. The van der Waals surface area contributed by atoms with E-state index in [-0.39, 0.29) is 29.7 Å². The molecule has 0 fully saturated rings. The molecule has 30 heavy (non-hydrogen) atoms. The average molecular weight is 545 g/mol. The molecule has 0 unspecified atom stereocenters. The molecule has 0 aromatic heterocycles. The largest absolute Gasteiger partial charge is 0.496 e. The molecule has 6 nitrogen and oxygen atoms in total. The van der Waals surface area contributed by atoms with Gasteiger partial charge in [0.2, 0.25) is 0 Å². The van der Waals surface area contributed by atoms with E-state index in [0.29, 0.717) is 6.54 Å². The topological polar surface area (TPSA) is 79.8 Å². The maximum atomic E-state index is 11.4. The van der Waals surface area contributed by atoms with Crippen LogP contribution < -0.4 is 15.4 Å². The number of rotatable bonds is 9. The molecule has 0 aliphatic rings. The van der Waals surface area contributed by atoms with Gasteiger partial charge in [-0.05, 0) is 43.0 Å². The van der Waals surface area contributed by atoms with Crippen molar-refractivity contribution in [1.82, 2.24) is 10.6 Å². The highest BCUT2D eigenvalue weighted by atomic mass is 127. The van der Waals surface area contributed by atoms with E-state index in [9.17, 15) is 8.42 Å². The lowest BCUT2D eigenvalue weighted by Gasteiger charge is -2.13. The van der Waals surface area contributed by atoms with Crippen LogP contribution in [0.1, 0.15) is 29.2 Å². The number of sulfone groups is 1. The third-order valence-corrected chi connectivity index (χ3v) is 5.20. The number of halogens is 1. The van der Waals surface area contributed by atoms with Gasteiger partial charge in [-0.2, -0.15) is 0 Å². The quantitative estimate of drug-likeness (QED) is 0.287. The smallest absolute Gasteiger partial charge is 0.191 e. The van der Waals surface area contributed by atoms with Gasteiger partial charge in [0.25, 0.3) is 0 Å². The third-order valence-electron chi connectivity index (χ3n) is 4.34. The Morgan fingerprint density at radius 1 is 1.07 bits per heavy atom. The lowest BCUT2D eigenvalue weighted by atomic mass is 10.1. The number of methoxy groups -OCH3 is 1. The Kier molecular flexibility index (Phi) is 11.2. The minimum atomic E-state index is -3.02. The lowest BCUT2D eigenvalue weighted by molar-refractivity contribution is 0.409. The van der Waals surface area contributed by atoms with Crippen molar-refractivity contribution >= 4 is 39.8 Å². The molecule has 0 aliphatic carbocycles. The number of hydrogen-bond donors (Lipinski definition) is 2. The second kappa shape index (κ2) is 12.8. The van der Waals surface area contributed by atoms with Crippen LogP contribution in [0.25, 0.3) is 0 Å². The first-order chi connectivity index (χ1) is 13.8. The first-order valence-corrected chi connectivity index (χ1v) is 11.8. The van der Waals surface area contributed by atoms with Crippen molar-refractivity contribution < 1.29 is 13.2 Å². The van der Waals surface area contributed by atoms with Crippen molar-refractivity contribution in [1.29, 1.82) is 0 Å². The van der Waals surface area contributed by atoms with E-state index >= 15 is 0 Å². The second-order valence-corrected chi connectivity index (χ2v) is 9.21. The average Bonchev–Trinajstić information content (AvgIpc) is 2.66. The molecule has 0 saturated carbocycles. The predicted molar refractivity (Wildman–Crippen MR) is 135 cm³/mol. The second-order valence-electron chi connectivity index (χ2n) is 7.07. The molecule has 2 aromatic rings. The van der Waals surface area contributed by atoms with Gasteiger partial charge in [-0.15, -0.1) is 24.0 Å². The van der Waals surface area contributed by atoms with Crippen molar-refractivity contribution in [3.8, 4) is 5.75 Å². The fourth-order valence-electron chi connectivity index (χ4n) is 2.97. The van der Waals surface area contributed by atoms with E-state index in [1.807, 2.05) is 43.3 Å². The number of guanidine groups is 1. The highest BCUT2D eigenvalue weighted by Crippen LogP contribution is 2.19. The van der Waals surface area contributed by atoms with Crippen LogP contribution in [-0.4, -0.2) is 40.8 Å². The molecule has 8 heteroatoms. The van der Waals surface area contributed by atoms with Crippen LogP contribution in [0.5, 0.6) is 5.75 Å². The molecule has 2 N–H and O–H groups in total. The molecule has 2 aromatic carbocycles.